The number of nitrogens with one attached hydrogen (secondary N) is 1. The highest BCUT2D eigenvalue weighted by atomic mass is 32.1. The first-order valence-electron chi connectivity index (χ1n) is 8.89. The summed E-state index contributed by atoms with van der Waals surface area (Å²) in [6.07, 6.45) is 6.59. The summed E-state index contributed by atoms with van der Waals surface area (Å²) >= 11 is 3.04. The summed E-state index contributed by atoms with van der Waals surface area (Å²) in [5.74, 6) is 1.22. The Morgan fingerprint density at radius 1 is 1.28 bits per heavy atom. The molecule has 5 nitrogen and oxygen atoms in total. The number of carbonyl (C=O) groups excluding carboxylic acids is 1. The lowest BCUT2D eigenvalue weighted by Gasteiger charge is -2.60. The van der Waals surface area contributed by atoms with E-state index in [1.165, 1.54) is 17.8 Å². The molecule has 1 amide bonds. The zero-order valence-corrected chi connectivity index (χ0v) is 15.5. The highest BCUT2D eigenvalue weighted by Gasteiger charge is 2.57. The molecule has 0 spiro atoms. The standard InChI is InChI=1S/C18H21N3O2S2/c22-14(19-16-21-20-15(25-16)13-1-2-24-9-13)8-17-4-11-3-12(5-17)7-18(23,6-11)10-17/h1-2,9,11-12,23H,3-8,10H2,(H,19,21,22). The Hall–Kier alpha value is -1.31. The predicted molar refractivity (Wildman–Crippen MR) is 98.5 cm³/mol. The highest BCUT2D eigenvalue weighted by molar-refractivity contribution is 7.19. The largest absolute Gasteiger partial charge is 0.390 e. The van der Waals surface area contributed by atoms with E-state index in [9.17, 15) is 9.90 Å². The SMILES string of the molecule is O=C(CC12CC3CC(CC(O)(C3)C1)C2)Nc1nnc(-c2ccsc2)s1. The lowest BCUT2D eigenvalue weighted by molar-refractivity contribution is -0.167. The molecular formula is C18H21N3O2S2. The summed E-state index contributed by atoms with van der Waals surface area (Å²) < 4.78 is 0. The van der Waals surface area contributed by atoms with Crippen LogP contribution in [-0.4, -0.2) is 26.8 Å². The van der Waals surface area contributed by atoms with Crippen molar-refractivity contribution in [3.05, 3.63) is 16.8 Å². The number of hydrogen-bond acceptors (Lipinski definition) is 6. The van der Waals surface area contributed by atoms with Crippen LogP contribution in [0.15, 0.2) is 16.8 Å². The summed E-state index contributed by atoms with van der Waals surface area (Å²) in [5, 5.41) is 27.5. The molecule has 0 saturated heterocycles. The molecule has 0 radical (unpaired) electrons. The molecule has 0 aromatic carbocycles. The molecule has 2 N–H and O–H groups in total. The molecule has 4 bridgehead atoms. The minimum Gasteiger partial charge on any atom is -0.390 e. The monoisotopic (exact) mass is 375 g/mol. The molecule has 2 unspecified atom stereocenters. The zero-order chi connectivity index (χ0) is 17.1. The molecule has 4 aliphatic rings. The van der Waals surface area contributed by atoms with Crippen molar-refractivity contribution < 1.29 is 9.90 Å². The van der Waals surface area contributed by atoms with E-state index in [0.29, 0.717) is 23.4 Å². The van der Waals surface area contributed by atoms with E-state index < -0.39 is 5.60 Å². The third-order valence-corrected chi connectivity index (χ3v) is 7.70. The van der Waals surface area contributed by atoms with E-state index in [0.717, 1.165) is 42.7 Å². The van der Waals surface area contributed by atoms with Gasteiger partial charge in [-0.1, -0.05) is 11.3 Å². The molecular weight excluding hydrogens is 354 g/mol. The number of nitrogens with zero attached hydrogens (tertiary/aromatic N) is 2. The third-order valence-electron chi connectivity index (χ3n) is 6.13. The van der Waals surface area contributed by atoms with E-state index in [2.05, 4.69) is 15.5 Å². The van der Waals surface area contributed by atoms with E-state index in [-0.39, 0.29) is 11.3 Å². The number of aliphatic hydroxyl groups is 1. The lowest BCUT2D eigenvalue weighted by Crippen LogP contribution is -2.56. The van der Waals surface area contributed by atoms with E-state index in [1.807, 2.05) is 16.8 Å². The summed E-state index contributed by atoms with van der Waals surface area (Å²) in [7, 11) is 0. The van der Waals surface area contributed by atoms with Gasteiger partial charge in [-0.3, -0.25) is 4.79 Å². The van der Waals surface area contributed by atoms with Crippen LogP contribution in [0.5, 0.6) is 0 Å². The van der Waals surface area contributed by atoms with Crippen molar-refractivity contribution in [1.29, 1.82) is 0 Å². The van der Waals surface area contributed by atoms with Gasteiger partial charge in [0.2, 0.25) is 11.0 Å². The van der Waals surface area contributed by atoms with Crippen molar-refractivity contribution in [2.45, 2.75) is 50.5 Å². The molecule has 4 saturated carbocycles. The molecule has 7 heteroatoms. The van der Waals surface area contributed by atoms with Crippen LogP contribution < -0.4 is 5.32 Å². The molecule has 25 heavy (non-hydrogen) atoms. The minimum absolute atomic E-state index is 0.0101. The van der Waals surface area contributed by atoms with Gasteiger partial charge in [0, 0.05) is 17.4 Å². The van der Waals surface area contributed by atoms with Gasteiger partial charge in [-0.15, -0.1) is 10.2 Å². The first-order valence-corrected chi connectivity index (χ1v) is 10.7. The van der Waals surface area contributed by atoms with Gasteiger partial charge in [-0.25, -0.2) is 0 Å². The normalized spacial score (nSPS) is 35.9. The minimum atomic E-state index is -0.515. The molecule has 2 aromatic heterocycles. The quantitative estimate of drug-likeness (QED) is 0.849. The second-order valence-corrected chi connectivity index (χ2v) is 10.1. The molecule has 2 heterocycles. The van der Waals surface area contributed by atoms with Crippen LogP contribution in [0.2, 0.25) is 0 Å². The predicted octanol–water partition coefficient (Wildman–Crippen LogP) is 3.93. The Morgan fingerprint density at radius 3 is 2.76 bits per heavy atom. The fourth-order valence-corrected chi connectivity index (χ4v) is 7.36. The van der Waals surface area contributed by atoms with Gasteiger partial charge in [0.05, 0.1) is 5.60 Å². The maximum Gasteiger partial charge on any atom is 0.226 e. The van der Waals surface area contributed by atoms with Crippen LogP contribution in [0.25, 0.3) is 10.6 Å². The maximum absolute atomic E-state index is 12.6. The van der Waals surface area contributed by atoms with Crippen LogP contribution >= 0.6 is 22.7 Å². The van der Waals surface area contributed by atoms with Crippen molar-refractivity contribution in [3.8, 4) is 10.6 Å². The highest BCUT2D eigenvalue weighted by Crippen LogP contribution is 2.62. The Morgan fingerprint density at radius 2 is 2.08 bits per heavy atom. The van der Waals surface area contributed by atoms with Crippen molar-refractivity contribution in [2.75, 3.05) is 5.32 Å². The summed E-state index contributed by atoms with van der Waals surface area (Å²) in [4.78, 5) is 12.6. The zero-order valence-electron chi connectivity index (χ0n) is 13.9. The topological polar surface area (TPSA) is 75.1 Å². The number of amides is 1. The van der Waals surface area contributed by atoms with Crippen LogP contribution in [0.3, 0.4) is 0 Å². The van der Waals surface area contributed by atoms with Gasteiger partial charge in [0.25, 0.3) is 0 Å². The van der Waals surface area contributed by atoms with Crippen molar-refractivity contribution >= 4 is 33.7 Å². The summed E-state index contributed by atoms with van der Waals surface area (Å²) in [6, 6.07) is 2.01. The average molecular weight is 376 g/mol. The Kier molecular flexibility index (Phi) is 3.56. The molecule has 4 aliphatic carbocycles. The molecule has 2 aromatic rings. The number of thiophene rings is 1. The second kappa shape index (κ2) is 5.59. The molecule has 4 fully saturated rings. The van der Waals surface area contributed by atoms with Crippen LogP contribution in [-0.2, 0) is 4.79 Å². The Balaban J connectivity index is 1.28. The summed E-state index contributed by atoms with van der Waals surface area (Å²) in [6.45, 7) is 0. The number of anilines is 1. The first-order chi connectivity index (χ1) is 12.0. The van der Waals surface area contributed by atoms with Gasteiger partial charge < -0.3 is 10.4 Å². The maximum atomic E-state index is 12.6. The van der Waals surface area contributed by atoms with Crippen molar-refractivity contribution in [1.82, 2.24) is 10.2 Å². The number of carbonyl (C=O) groups is 1. The number of hydrogen-bond donors (Lipinski definition) is 2. The van der Waals surface area contributed by atoms with Gasteiger partial charge >= 0.3 is 0 Å². The second-order valence-electron chi connectivity index (χ2n) is 8.33. The average Bonchev–Trinajstić information content (AvgIpc) is 3.14. The van der Waals surface area contributed by atoms with Gasteiger partial charge in [-0.05, 0) is 67.2 Å². The van der Waals surface area contributed by atoms with Crippen LogP contribution in [0.1, 0.15) is 44.9 Å². The van der Waals surface area contributed by atoms with Crippen LogP contribution in [0.4, 0.5) is 5.13 Å². The summed E-state index contributed by atoms with van der Waals surface area (Å²) in [5.41, 5.74) is 0.523. The number of rotatable bonds is 4. The number of aromatic nitrogens is 2. The first kappa shape index (κ1) is 15.9. The Bertz CT molecular complexity index is 787. The third kappa shape index (κ3) is 2.92. The fraction of sp³-hybridized carbons (Fsp3) is 0.611. The van der Waals surface area contributed by atoms with Gasteiger partial charge in [0.15, 0.2) is 0 Å². The molecule has 132 valence electrons. The fourth-order valence-electron chi connectivity index (χ4n) is 5.89. The van der Waals surface area contributed by atoms with E-state index in [1.54, 1.807) is 11.3 Å². The van der Waals surface area contributed by atoms with Crippen molar-refractivity contribution in [3.63, 3.8) is 0 Å². The van der Waals surface area contributed by atoms with E-state index in [4.69, 9.17) is 0 Å². The molecule has 0 aliphatic heterocycles. The Labute approximate surface area is 154 Å². The van der Waals surface area contributed by atoms with Crippen molar-refractivity contribution in [2.24, 2.45) is 17.3 Å². The smallest absolute Gasteiger partial charge is 0.226 e. The molecule has 2 atom stereocenters. The van der Waals surface area contributed by atoms with Crippen LogP contribution in [0, 0.1) is 17.3 Å². The van der Waals surface area contributed by atoms with E-state index >= 15 is 0 Å². The van der Waals surface area contributed by atoms with Gasteiger partial charge in [-0.2, -0.15) is 11.3 Å². The lowest BCUT2D eigenvalue weighted by atomic mass is 9.47. The van der Waals surface area contributed by atoms with Gasteiger partial charge in [0.1, 0.15) is 5.01 Å². The molecule has 6 rings (SSSR count).